The Morgan fingerprint density at radius 2 is 1.68 bits per heavy atom. The van der Waals surface area contributed by atoms with E-state index in [9.17, 15) is 4.79 Å². The first-order valence-electron chi connectivity index (χ1n) is 10.2. The fourth-order valence-corrected chi connectivity index (χ4v) is 4.00. The minimum Gasteiger partial charge on any atom is -0.497 e. The van der Waals surface area contributed by atoms with Gasteiger partial charge in [0.25, 0.3) is 0 Å². The van der Waals surface area contributed by atoms with Crippen molar-refractivity contribution in [3.63, 3.8) is 0 Å². The number of methoxy groups -OCH3 is 1. The van der Waals surface area contributed by atoms with E-state index in [0.717, 1.165) is 37.4 Å². The van der Waals surface area contributed by atoms with Gasteiger partial charge >= 0.3 is 6.03 Å². The van der Waals surface area contributed by atoms with Crippen LogP contribution in [0.3, 0.4) is 0 Å². The van der Waals surface area contributed by atoms with Gasteiger partial charge in [0.15, 0.2) is 0 Å². The van der Waals surface area contributed by atoms with E-state index in [4.69, 9.17) is 4.74 Å². The van der Waals surface area contributed by atoms with Gasteiger partial charge in [-0.05, 0) is 74.1 Å². The summed E-state index contributed by atoms with van der Waals surface area (Å²) >= 11 is 0. The lowest BCUT2D eigenvalue weighted by Crippen LogP contribution is -2.35. The van der Waals surface area contributed by atoms with Gasteiger partial charge < -0.3 is 20.3 Å². The zero-order chi connectivity index (χ0) is 19.4. The monoisotopic (exact) mass is 379 g/mol. The molecule has 0 atom stereocenters. The highest BCUT2D eigenvalue weighted by atomic mass is 16.5. The van der Waals surface area contributed by atoms with Crippen LogP contribution in [0.2, 0.25) is 0 Å². The number of rotatable bonds is 6. The number of hydrogen-bond donors (Lipinski definition) is 2. The van der Waals surface area contributed by atoms with Crippen molar-refractivity contribution in [2.45, 2.75) is 37.5 Å². The molecule has 0 unspecified atom stereocenters. The van der Waals surface area contributed by atoms with E-state index < -0.39 is 0 Å². The van der Waals surface area contributed by atoms with E-state index >= 15 is 0 Å². The topological polar surface area (TPSA) is 53.6 Å². The van der Waals surface area contributed by atoms with Gasteiger partial charge in [-0.25, -0.2) is 4.79 Å². The average Bonchev–Trinajstić information content (AvgIpc) is 3.55. The van der Waals surface area contributed by atoms with E-state index in [1.54, 1.807) is 7.11 Å². The Morgan fingerprint density at radius 3 is 2.29 bits per heavy atom. The van der Waals surface area contributed by atoms with Crippen LogP contribution >= 0.6 is 0 Å². The maximum Gasteiger partial charge on any atom is 0.319 e. The molecule has 1 aliphatic carbocycles. The van der Waals surface area contributed by atoms with Gasteiger partial charge in [-0.1, -0.05) is 12.1 Å². The van der Waals surface area contributed by atoms with Gasteiger partial charge in [-0.2, -0.15) is 0 Å². The fourth-order valence-electron chi connectivity index (χ4n) is 4.00. The predicted octanol–water partition coefficient (Wildman–Crippen LogP) is 4.54. The second-order valence-electron chi connectivity index (χ2n) is 7.91. The normalized spacial score (nSPS) is 17.7. The first kappa shape index (κ1) is 18.7. The Morgan fingerprint density at radius 1 is 1.00 bits per heavy atom. The molecule has 1 aliphatic heterocycles. The van der Waals surface area contributed by atoms with E-state index in [-0.39, 0.29) is 11.4 Å². The third kappa shape index (κ3) is 4.24. The smallest absolute Gasteiger partial charge is 0.319 e. The third-order valence-corrected chi connectivity index (χ3v) is 5.99. The Kier molecular flexibility index (Phi) is 5.42. The summed E-state index contributed by atoms with van der Waals surface area (Å²) in [4.78, 5) is 14.8. The molecule has 4 rings (SSSR count). The van der Waals surface area contributed by atoms with Crippen molar-refractivity contribution in [2.75, 3.05) is 37.0 Å². The molecule has 0 bridgehead atoms. The quantitative estimate of drug-likeness (QED) is 0.775. The van der Waals surface area contributed by atoms with Crippen LogP contribution in [0.15, 0.2) is 48.5 Å². The van der Waals surface area contributed by atoms with Crippen LogP contribution in [-0.2, 0) is 5.41 Å². The molecule has 148 valence electrons. The van der Waals surface area contributed by atoms with Gasteiger partial charge in [0.2, 0.25) is 0 Å². The number of carbonyl (C=O) groups is 1. The standard InChI is InChI=1S/C23H29N3O2/c1-28-21-11-5-18(6-12-21)23(13-14-23)17-24-22(27)25-19-7-9-20(10-8-19)26-15-3-2-4-16-26/h5-12H,2-4,13-17H2,1H3,(H2,24,25,27). The summed E-state index contributed by atoms with van der Waals surface area (Å²) in [6.07, 6.45) is 6.05. The van der Waals surface area contributed by atoms with Crippen LogP contribution < -0.4 is 20.3 Å². The van der Waals surface area contributed by atoms with Crippen LogP contribution in [0.4, 0.5) is 16.2 Å². The molecule has 0 spiro atoms. The summed E-state index contributed by atoms with van der Waals surface area (Å²) < 4.78 is 5.23. The van der Waals surface area contributed by atoms with Crippen molar-refractivity contribution in [1.82, 2.24) is 5.32 Å². The Bertz CT molecular complexity index is 792. The van der Waals surface area contributed by atoms with Gasteiger partial charge in [-0.15, -0.1) is 0 Å². The van der Waals surface area contributed by atoms with Crippen molar-refractivity contribution < 1.29 is 9.53 Å². The Labute approximate surface area is 167 Å². The zero-order valence-corrected chi connectivity index (χ0v) is 16.5. The van der Waals surface area contributed by atoms with Crippen molar-refractivity contribution in [3.05, 3.63) is 54.1 Å². The molecule has 2 aromatic carbocycles. The molecular formula is C23H29N3O2. The summed E-state index contributed by atoms with van der Waals surface area (Å²) in [7, 11) is 1.67. The highest BCUT2D eigenvalue weighted by Gasteiger charge is 2.44. The Hall–Kier alpha value is -2.69. The maximum absolute atomic E-state index is 12.4. The van der Waals surface area contributed by atoms with Gasteiger partial charge in [-0.3, -0.25) is 0 Å². The van der Waals surface area contributed by atoms with Gasteiger partial charge in [0.05, 0.1) is 7.11 Å². The minimum absolute atomic E-state index is 0.0712. The number of nitrogens with one attached hydrogen (secondary N) is 2. The molecule has 2 aromatic rings. The molecule has 2 amide bonds. The lowest BCUT2D eigenvalue weighted by Gasteiger charge is -2.28. The van der Waals surface area contributed by atoms with Gasteiger partial charge in [0.1, 0.15) is 5.75 Å². The van der Waals surface area contributed by atoms with E-state index in [1.165, 1.54) is 30.5 Å². The lowest BCUT2D eigenvalue weighted by atomic mass is 9.96. The summed E-state index contributed by atoms with van der Waals surface area (Å²) in [5.41, 5.74) is 3.40. The van der Waals surface area contributed by atoms with E-state index in [0.29, 0.717) is 6.54 Å². The van der Waals surface area contributed by atoms with Crippen LogP contribution in [0.5, 0.6) is 5.75 Å². The number of benzene rings is 2. The molecule has 28 heavy (non-hydrogen) atoms. The number of hydrogen-bond acceptors (Lipinski definition) is 3. The van der Waals surface area contributed by atoms with Crippen molar-refractivity contribution in [1.29, 1.82) is 0 Å². The predicted molar refractivity (Wildman–Crippen MR) is 113 cm³/mol. The molecular weight excluding hydrogens is 350 g/mol. The average molecular weight is 380 g/mol. The van der Waals surface area contributed by atoms with Crippen molar-refractivity contribution in [3.8, 4) is 5.75 Å². The van der Waals surface area contributed by atoms with E-state index in [2.05, 4.69) is 39.8 Å². The molecule has 5 heteroatoms. The molecule has 0 aromatic heterocycles. The number of urea groups is 1. The highest BCUT2D eigenvalue weighted by molar-refractivity contribution is 5.89. The first-order valence-corrected chi connectivity index (χ1v) is 10.2. The largest absolute Gasteiger partial charge is 0.497 e. The zero-order valence-electron chi connectivity index (χ0n) is 16.5. The van der Waals surface area contributed by atoms with Gasteiger partial charge in [0, 0.05) is 36.4 Å². The third-order valence-electron chi connectivity index (χ3n) is 5.99. The van der Waals surface area contributed by atoms with Crippen LogP contribution in [0.1, 0.15) is 37.7 Å². The van der Waals surface area contributed by atoms with E-state index in [1.807, 2.05) is 24.3 Å². The van der Waals surface area contributed by atoms with Crippen LogP contribution in [0.25, 0.3) is 0 Å². The molecule has 1 saturated heterocycles. The number of nitrogens with zero attached hydrogens (tertiary/aromatic N) is 1. The van der Waals surface area contributed by atoms with Crippen LogP contribution in [-0.4, -0.2) is 32.8 Å². The number of amides is 2. The number of anilines is 2. The molecule has 5 nitrogen and oxygen atoms in total. The first-order chi connectivity index (χ1) is 13.7. The molecule has 2 N–H and O–H groups in total. The number of carbonyl (C=O) groups excluding carboxylic acids is 1. The second-order valence-corrected chi connectivity index (χ2v) is 7.91. The SMILES string of the molecule is COc1ccc(C2(CNC(=O)Nc3ccc(N4CCCCC4)cc3)CC2)cc1. The molecule has 1 saturated carbocycles. The molecule has 1 heterocycles. The maximum atomic E-state index is 12.4. The Balaban J connectivity index is 1.29. The summed E-state index contributed by atoms with van der Waals surface area (Å²) in [6, 6.07) is 16.2. The highest BCUT2D eigenvalue weighted by Crippen LogP contribution is 2.47. The number of piperidine rings is 1. The molecule has 0 radical (unpaired) electrons. The minimum atomic E-state index is -0.148. The molecule has 2 fully saturated rings. The van der Waals surface area contributed by atoms with Crippen molar-refractivity contribution in [2.24, 2.45) is 0 Å². The fraction of sp³-hybridized carbons (Fsp3) is 0.435. The summed E-state index contributed by atoms with van der Waals surface area (Å²) in [6.45, 7) is 2.90. The number of ether oxygens (including phenoxy) is 1. The van der Waals surface area contributed by atoms with Crippen LogP contribution in [0, 0.1) is 0 Å². The van der Waals surface area contributed by atoms with Crippen molar-refractivity contribution >= 4 is 17.4 Å². The summed E-state index contributed by atoms with van der Waals surface area (Å²) in [5.74, 6) is 0.859. The summed E-state index contributed by atoms with van der Waals surface area (Å²) in [5, 5.41) is 6.00. The second kappa shape index (κ2) is 8.13. The molecule has 2 aliphatic rings. The lowest BCUT2D eigenvalue weighted by molar-refractivity contribution is 0.251.